The molecule has 0 aliphatic rings. The molecule has 1 rings (SSSR count). The third kappa shape index (κ3) is 3.67. The van der Waals surface area contributed by atoms with E-state index in [0.29, 0.717) is 26.2 Å². The predicted octanol–water partition coefficient (Wildman–Crippen LogP) is 1.41. The molecule has 1 amide bonds. The number of hydrogen-bond acceptors (Lipinski definition) is 5. The van der Waals surface area contributed by atoms with E-state index in [-0.39, 0.29) is 22.9 Å². The maximum Gasteiger partial charge on any atom is 0.311 e. The van der Waals surface area contributed by atoms with Gasteiger partial charge in [0.05, 0.1) is 11.5 Å². The molecule has 0 unspecified atom stereocenters. The monoisotopic (exact) mass is 281 g/mol. The van der Waals surface area contributed by atoms with Crippen molar-refractivity contribution in [3.63, 3.8) is 0 Å². The van der Waals surface area contributed by atoms with Gasteiger partial charge in [-0.1, -0.05) is 0 Å². The van der Waals surface area contributed by atoms with Crippen LogP contribution >= 0.6 is 0 Å². The summed E-state index contributed by atoms with van der Waals surface area (Å²) in [6.45, 7) is 5.15. The predicted molar refractivity (Wildman–Crippen MR) is 74.9 cm³/mol. The Kier molecular flexibility index (Phi) is 5.92. The van der Waals surface area contributed by atoms with Gasteiger partial charge in [-0.25, -0.2) is 0 Å². The first-order valence-electron chi connectivity index (χ1n) is 6.45. The minimum atomic E-state index is -0.555. The molecule has 7 nitrogen and oxygen atoms in total. The highest BCUT2D eigenvalue weighted by Gasteiger charge is 2.20. The fourth-order valence-corrected chi connectivity index (χ4v) is 1.81. The number of hydrogen-bond donors (Lipinski definition) is 1. The molecule has 110 valence electrons. The molecule has 0 aliphatic carbocycles. The van der Waals surface area contributed by atoms with E-state index in [9.17, 15) is 14.9 Å². The summed E-state index contributed by atoms with van der Waals surface area (Å²) in [6.07, 6.45) is 0. The second-order valence-corrected chi connectivity index (χ2v) is 4.05. The summed E-state index contributed by atoms with van der Waals surface area (Å²) in [5, 5.41) is 11.0. The van der Waals surface area contributed by atoms with Crippen LogP contribution in [0, 0.1) is 10.1 Å². The number of nitrogens with two attached hydrogens (primary N) is 1. The van der Waals surface area contributed by atoms with Crippen molar-refractivity contribution in [3.8, 4) is 5.75 Å². The van der Waals surface area contributed by atoms with Crippen LogP contribution in [-0.2, 0) is 0 Å². The van der Waals surface area contributed by atoms with E-state index in [1.165, 1.54) is 18.2 Å². The molecule has 7 heteroatoms. The van der Waals surface area contributed by atoms with E-state index in [4.69, 9.17) is 10.5 Å². The summed E-state index contributed by atoms with van der Waals surface area (Å²) in [7, 11) is 0. The van der Waals surface area contributed by atoms with Gasteiger partial charge in [-0.05, 0) is 26.0 Å². The number of carbonyl (C=O) groups is 1. The smallest absolute Gasteiger partial charge is 0.311 e. The Hall–Kier alpha value is -2.15. The Balaban J connectivity index is 3.10. The number of nitrogens with zero attached hydrogens (tertiary/aromatic N) is 2. The third-order valence-electron chi connectivity index (χ3n) is 2.77. The number of likely N-dealkylation sites (N-methyl/N-ethyl adjacent to an activating group) is 1. The van der Waals surface area contributed by atoms with Crippen LogP contribution in [0.3, 0.4) is 0 Å². The first-order valence-corrected chi connectivity index (χ1v) is 6.45. The molecule has 0 heterocycles. The van der Waals surface area contributed by atoms with Crippen LogP contribution in [-0.4, -0.2) is 42.0 Å². The highest BCUT2D eigenvalue weighted by Crippen LogP contribution is 2.28. The molecule has 0 bridgehead atoms. The Morgan fingerprint density at radius 2 is 2.15 bits per heavy atom. The molecule has 0 saturated carbocycles. The van der Waals surface area contributed by atoms with Gasteiger partial charge in [0, 0.05) is 31.3 Å². The minimum Gasteiger partial charge on any atom is -0.487 e. The summed E-state index contributed by atoms with van der Waals surface area (Å²) >= 11 is 0. The first-order chi connectivity index (χ1) is 9.54. The van der Waals surface area contributed by atoms with Gasteiger partial charge in [-0.2, -0.15) is 0 Å². The van der Waals surface area contributed by atoms with Crippen LogP contribution in [0.4, 0.5) is 5.69 Å². The number of carbonyl (C=O) groups excluding carboxylic acids is 1. The van der Waals surface area contributed by atoms with Gasteiger partial charge < -0.3 is 15.4 Å². The minimum absolute atomic E-state index is 0.163. The molecule has 0 spiro atoms. The summed E-state index contributed by atoms with van der Waals surface area (Å²) in [5.41, 5.74) is 5.49. The van der Waals surface area contributed by atoms with E-state index in [2.05, 4.69) is 0 Å². The fraction of sp³-hybridized carbons (Fsp3) is 0.462. The second-order valence-electron chi connectivity index (χ2n) is 4.05. The largest absolute Gasteiger partial charge is 0.487 e. The van der Waals surface area contributed by atoms with E-state index < -0.39 is 4.92 Å². The Labute approximate surface area is 117 Å². The van der Waals surface area contributed by atoms with E-state index in [1.807, 2.05) is 6.92 Å². The van der Waals surface area contributed by atoms with Crippen molar-refractivity contribution in [2.75, 3.05) is 26.2 Å². The van der Waals surface area contributed by atoms with Crippen LogP contribution in [0.15, 0.2) is 18.2 Å². The van der Waals surface area contributed by atoms with Crippen molar-refractivity contribution in [2.24, 2.45) is 5.73 Å². The highest BCUT2D eigenvalue weighted by atomic mass is 16.6. The standard InChI is InChI=1S/C13H19N3O4/c1-3-15(8-7-14)13(17)10-5-6-12(20-4-2)11(9-10)16(18)19/h5-6,9H,3-4,7-8,14H2,1-2H3. The van der Waals surface area contributed by atoms with Gasteiger partial charge >= 0.3 is 5.69 Å². The molecule has 0 radical (unpaired) electrons. The van der Waals surface area contributed by atoms with E-state index >= 15 is 0 Å². The normalized spacial score (nSPS) is 10.2. The summed E-state index contributed by atoms with van der Waals surface area (Å²) in [5.74, 6) is -0.111. The van der Waals surface area contributed by atoms with Crippen molar-refractivity contribution < 1.29 is 14.5 Å². The lowest BCUT2D eigenvalue weighted by molar-refractivity contribution is -0.385. The lowest BCUT2D eigenvalue weighted by Gasteiger charge is -2.20. The summed E-state index contributed by atoms with van der Waals surface area (Å²) in [4.78, 5) is 24.2. The molecule has 20 heavy (non-hydrogen) atoms. The number of rotatable bonds is 7. The van der Waals surface area contributed by atoms with E-state index in [0.717, 1.165) is 0 Å². The van der Waals surface area contributed by atoms with Crippen molar-refractivity contribution in [3.05, 3.63) is 33.9 Å². The van der Waals surface area contributed by atoms with Crippen LogP contribution in [0.1, 0.15) is 24.2 Å². The van der Waals surface area contributed by atoms with Gasteiger partial charge in [-0.3, -0.25) is 14.9 Å². The SMILES string of the molecule is CCOc1ccc(C(=O)N(CC)CCN)cc1[N+](=O)[O-]. The number of amides is 1. The molecule has 2 N–H and O–H groups in total. The summed E-state index contributed by atoms with van der Waals surface area (Å²) in [6, 6.07) is 4.22. The third-order valence-corrected chi connectivity index (χ3v) is 2.77. The number of nitro groups is 1. The maximum absolute atomic E-state index is 12.2. The average molecular weight is 281 g/mol. The second kappa shape index (κ2) is 7.44. The van der Waals surface area contributed by atoms with Gasteiger partial charge in [0.2, 0.25) is 0 Å². The Morgan fingerprint density at radius 1 is 1.45 bits per heavy atom. The Morgan fingerprint density at radius 3 is 2.65 bits per heavy atom. The molecule has 0 saturated heterocycles. The van der Waals surface area contributed by atoms with Crippen molar-refractivity contribution in [1.82, 2.24) is 4.90 Å². The number of ether oxygens (including phenoxy) is 1. The fourth-order valence-electron chi connectivity index (χ4n) is 1.81. The molecule has 1 aromatic carbocycles. The molecule has 1 aromatic rings. The maximum atomic E-state index is 12.2. The van der Waals surface area contributed by atoms with Gasteiger partial charge in [0.25, 0.3) is 5.91 Å². The summed E-state index contributed by atoms with van der Waals surface area (Å²) < 4.78 is 5.18. The molecular weight excluding hydrogens is 262 g/mol. The van der Waals surface area contributed by atoms with Crippen LogP contribution in [0.5, 0.6) is 5.75 Å². The molecular formula is C13H19N3O4. The topological polar surface area (TPSA) is 98.7 Å². The zero-order valence-corrected chi connectivity index (χ0v) is 11.7. The first kappa shape index (κ1) is 15.9. The molecule has 0 aliphatic heterocycles. The zero-order valence-electron chi connectivity index (χ0n) is 11.7. The average Bonchev–Trinajstić information content (AvgIpc) is 2.44. The van der Waals surface area contributed by atoms with Crippen LogP contribution in [0.2, 0.25) is 0 Å². The Bertz CT molecular complexity index is 491. The van der Waals surface area contributed by atoms with Crippen LogP contribution in [0.25, 0.3) is 0 Å². The van der Waals surface area contributed by atoms with Gasteiger partial charge in [0.1, 0.15) is 0 Å². The molecule has 0 aromatic heterocycles. The van der Waals surface area contributed by atoms with E-state index in [1.54, 1.807) is 11.8 Å². The van der Waals surface area contributed by atoms with Crippen molar-refractivity contribution in [1.29, 1.82) is 0 Å². The number of benzene rings is 1. The lowest BCUT2D eigenvalue weighted by atomic mass is 10.1. The highest BCUT2D eigenvalue weighted by molar-refractivity contribution is 5.95. The number of nitro benzene ring substituents is 1. The van der Waals surface area contributed by atoms with Gasteiger partial charge in [-0.15, -0.1) is 0 Å². The zero-order chi connectivity index (χ0) is 15.1. The van der Waals surface area contributed by atoms with Gasteiger partial charge in [0.15, 0.2) is 5.75 Å². The molecule has 0 fully saturated rings. The lowest BCUT2D eigenvalue weighted by Crippen LogP contribution is -2.35. The molecule has 0 atom stereocenters. The quantitative estimate of drug-likeness (QED) is 0.602. The van der Waals surface area contributed by atoms with Crippen LogP contribution < -0.4 is 10.5 Å². The van der Waals surface area contributed by atoms with Crippen molar-refractivity contribution >= 4 is 11.6 Å². The van der Waals surface area contributed by atoms with Crippen molar-refractivity contribution in [2.45, 2.75) is 13.8 Å².